The van der Waals surface area contributed by atoms with Crippen LogP contribution in [0.15, 0.2) is 48.8 Å². The molecule has 3 aromatic rings. The molecule has 4 rings (SSSR count). The highest BCUT2D eigenvalue weighted by molar-refractivity contribution is 6.42. The minimum atomic E-state index is -0.463. The molecular formula is C19H15Cl2N5O2. The Morgan fingerprint density at radius 3 is 2.61 bits per heavy atom. The lowest BCUT2D eigenvalue weighted by molar-refractivity contribution is -0.383. The van der Waals surface area contributed by atoms with Gasteiger partial charge in [-0.1, -0.05) is 47.5 Å². The van der Waals surface area contributed by atoms with Crippen LogP contribution in [0.3, 0.4) is 0 Å². The molecule has 0 fully saturated rings. The lowest BCUT2D eigenvalue weighted by Crippen LogP contribution is -2.31. The summed E-state index contributed by atoms with van der Waals surface area (Å²) >= 11 is 12.0. The van der Waals surface area contributed by atoms with E-state index in [4.69, 9.17) is 23.2 Å². The number of aromatic nitrogens is 2. The summed E-state index contributed by atoms with van der Waals surface area (Å²) in [4.78, 5) is 21.6. The molecule has 142 valence electrons. The van der Waals surface area contributed by atoms with E-state index in [-0.39, 0.29) is 17.3 Å². The summed E-state index contributed by atoms with van der Waals surface area (Å²) in [6.45, 7) is 1.20. The molecular weight excluding hydrogens is 401 g/mol. The highest BCUT2D eigenvalue weighted by Gasteiger charge is 2.29. The highest BCUT2D eigenvalue weighted by Crippen LogP contribution is 2.36. The molecule has 1 aromatic heterocycles. The summed E-state index contributed by atoms with van der Waals surface area (Å²) in [6, 6.07) is 13.0. The predicted octanol–water partition coefficient (Wildman–Crippen LogP) is 5.00. The van der Waals surface area contributed by atoms with Gasteiger partial charge in [-0.25, -0.2) is 9.97 Å². The standard InChI is InChI=1S/C19H15Cl2N5O2/c20-15-6-5-14(9-16(15)21)24-18-17(26(27)28)19(23-11-22-18)25-8-7-12-3-1-2-4-13(12)10-25/h1-6,9,11H,7-8,10H2,(H,22,23,24). The third-order valence-electron chi connectivity index (χ3n) is 4.60. The molecule has 0 saturated heterocycles. The van der Waals surface area contributed by atoms with E-state index < -0.39 is 4.92 Å². The molecule has 0 bridgehead atoms. The molecule has 2 aromatic carbocycles. The maximum absolute atomic E-state index is 11.9. The van der Waals surface area contributed by atoms with Crippen molar-refractivity contribution < 1.29 is 4.92 Å². The second kappa shape index (κ2) is 7.61. The van der Waals surface area contributed by atoms with Crippen LogP contribution in [-0.4, -0.2) is 21.4 Å². The van der Waals surface area contributed by atoms with Gasteiger partial charge in [0.1, 0.15) is 6.33 Å². The van der Waals surface area contributed by atoms with Gasteiger partial charge in [-0.2, -0.15) is 0 Å². The maximum Gasteiger partial charge on any atom is 0.353 e. The Balaban J connectivity index is 1.70. The summed E-state index contributed by atoms with van der Waals surface area (Å²) in [5.41, 5.74) is 2.77. The zero-order valence-corrected chi connectivity index (χ0v) is 16.1. The second-order valence-corrected chi connectivity index (χ2v) is 7.16. The largest absolute Gasteiger partial charge is 0.353 e. The normalized spacial score (nSPS) is 13.1. The van der Waals surface area contributed by atoms with Crippen LogP contribution < -0.4 is 10.2 Å². The quantitative estimate of drug-likeness (QED) is 0.476. The molecule has 1 N–H and O–H groups in total. The monoisotopic (exact) mass is 415 g/mol. The fourth-order valence-electron chi connectivity index (χ4n) is 3.25. The van der Waals surface area contributed by atoms with Gasteiger partial charge >= 0.3 is 5.69 Å². The van der Waals surface area contributed by atoms with Crippen molar-refractivity contribution in [3.05, 3.63) is 80.1 Å². The first-order valence-electron chi connectivity index (χ1n) is 8.56. The number of nitrogens with one attached hydrogen (secondary N) is 1. The molecule has 0 amide bonds. The molecule has 0 atom stereocenters. The number of fused-ring (bicyclic) bond motifs is 1. The number of nitro groups is 1. The van der Waals surface area contributed by atoms with E-state index in [0.717, 1.165) is 12.0 Å². The first-order chi connectivity index (χ1) is 13.5. The van der Waals surface area contributed by atoms with E-state index in [0.29, 0.717) is 28.8 Å². The smallest absolute Gasteiger partial charge is 0.346 e. The number of benzene rings is 2. The molecule has 0 spiro atoms. The van der Waals surface area contributed by atoms with Crippen LogP contribution in [0.4, 0.5) is 23.0 Å². The van der Waals surface area contributed by atoms with Crippen LogP contribution in [0.2, 0.25) is 10.0 Å². The lowest BCUT2D eigenvalue weighted by atomic mass is 10.00. The minimum absolute atomic E-state index is 0.104. The topological polar surface area (TPSA) is 84.2 Å². The van der Waals surface area contributed by atoms with Crippen molar-refractivity contribution in [1.29, 1.82) is 0 Å². The van der Waals surface area contributed by atoms with Gasteiger partial charge in [0.2, 0.25) is 11.6 Å². The Bertz CT molecular complexity index is 1060. The van der Waals surface area contributed by atoms with Crippen LogP contribution in [0.25, 0.3) is 0 Å². The molecule has 0 aliphatic carbocycles. The summed E-state index contributed by atoms with van der Waals surface area (Å²) in [5, 5.41) is 15.6. The minimum Gasteiger partial charge on any atom is -0.346 e. The van der Waals surface area contributed by atoms with E-state index in [1.807, 2.05) is 23.1 Å². The van der Waals surface area contributed by atoms with Gasteiger partial charge in [0, 0.05) is 18.8 Å². The average Bonchev–Trinajstić information content (AvgIpc) is 2.70. The van der Waals surface area contributed by atoms with Gasteiger partial charge in [-0.3, -0.25) is 10.1 Å². The summed E-state index contributed by atoms with van der Waals surface area (Å²) in [7, 11) is 0. The van der Waals surface area contributed by atoms with Crippen molar-refractivity contribution in [2.45, 2.75) is 13.0 Å². The maximum atomic E-state index is 11.9. The van der Waals surface area contributed by atoms with E-state index in [9.17, 15) is 10.1 Å². The van der Waals surface area contributed by atoms with Crippen LogP contribution in [0.5, 0.6) is 0 Å². The summed E-state index contributed by atoms with van der Waals surface area (Å²) in [6.07, 6.45) is 2.12. The van der Waals surface area contributed by atoms with Gasteiger partial charge in [0.05, 0.1) is 15.0 Å². The number of nitrogens with zero attached hydrogens (tertiary/aromatic N) is 4. The molecule has 1 aliphatic heterocycles. The van der Waals surface area contributed by atoms with Gasteiger partial charge in [-0.05, 0) is 35.7 Å². The van der Waals surface area contributed by atoms with Gasteiger partial charge < -0.3 is 10.2 Å². The zero-order chi connectivity index (χ0) is 19.7. The van der Waals surface area contributed by atoms with Crippen molar-refractivity contribution in [3.8, 4) is 0 Å². The predicted molar refractivity (Wildman–Crippen MR) is 110 cm³/mol. The number of hydrogen-bond acceptors (Lipinski definition) is 6. The average molecular weight is 416 g/mol. The third-order valence-corrected chi connectivity index (χ3v) is 5.34. The molecule has 0 unspecified atom stereocenters. The fourth-order valence-corrected chi connectivity index (χ4v) is 3.55. The number of hydrogen-bond donors (Lipinski definition) is 1. The molecule has 0 radical (unpaired) electrons. The highest BCUT2D eigenvalue weighted by atomic mass is 35.5. The van der Waals surface area contributed by atoms with E-state index in [1.165, 1.54) is 11.9 Å². The SMILES string of the molecule is O=[N+]([O-])c1c(Nc2ccc(Cl)c(Cl)c2)ncnc1N1CCc2ccccc2C1. The molecule has 2 heterocycles. The molecule has 28 heavy (non-hydrogen) atoms. The van der Waals surface area contributed by atoms with Crippen LogP contribution >= 0.6 is 23.2 Å². The molecule has 1 aliphatic rings. The first-order valence-corrected chi connectivity index (χ1v) is 9.31. The number of rotatable bonds is 4. The van der Waals surface area contributed by atoms with Crippen molar-refractivity contribution in [3.63, 3.8) is 0 Å². The van der Waals surface area contributed by atoms with E-state index in [2.05, 4.69) is 21.4 Å². The van der Waals surface area contributed by atoms with Crippen LogP contribution in [0, 0.1) is 10.1 Å². The summed E-state index contributed by atoms with van der Waals surface area (Å²) in [5.74, 6) is 0.393. The number of halogens is 2. The van der Waals surface area contributed by atoms with Crippen molar-refractivity contribution in [1.82, 2.24) is 9.97 Å². The van der Waals surface area contributed by atoms with E-state index >= 15 is 0 Å². The molecule has 9 heteroatoms. The Morgan fingerprint density at radius 2 is 1.86 bits per heavy atom. The van der Waals surface area contributed by atoms with Crippen LogP contribution in [-0.2, 0) is 13.0 Å². The first kappa shape index (κ1) is 18.5. The molecule has 0 saturated carbocycles. The van der Waals surface area contributed by atoms with Crippen molar-refractivity contribution in [2.24, 2.45) is 0 Å². The van der Waals surface area contributed by atoms with Gasteiger partial charge in [0.15, 0.2) is 0 Å². The Kier molecular flexibility index (Phi) is 5.02. The lowest BCUT2D eigenvalue weighted by Gasteiger charge is -2.29. The zero-order valence-electron chi connectivity index (χ0n) is 14.6. The van der Waals surface area contributed by atoms with Gasteiger partial charge in [-0.15, -0.1) is 0 Å². The summed E-state index contributed by atoms with van der Waals surface area (Å²) < 4.78 is 0. The Morgan fingerprint density at radius 1 is 1.07 bits per heavy atom. The Hall–Kier alpha value is -2.90. The number of anilines is 3. The van der Waals surface area contributed by atoms with Crippen molar-refractivity contribution >= 4 is 46.2 Å². The van der Waals surface area contributed by atoms with Gasteiger partial charge in [0.25, 0.3) is 0 Å². The van der Waals surface area contributed by atoms with Crippen LogP contribution in [0.1, 0.15) is 11.1 Å². The molecule has 7 nitrogen and oxygen atoms in total. The second-order valence-electron chi connectivity index (χ2n) is 6.35. The Labute approximate surface area is 171 Å². The van der Waals surface area contributed by atoms with Crippen molar-refractivity contribution in [2.75, 3.05) is 16.8 Å². The third kappa shape index (κ3) is 3.58. The van der Waals surface area contributed by atoms with E-state index in [1.54, 1.807) is 18.2 Å². The fraction of sp³-hybridized carbons (Fsp3) is 0.158.